The predicted octanol–water partition coefficient (Wildman–Crippen LogP) is 0.178. The molecule has 1 amide bonds. The van der Waals surface area contributed by atoms with E-state index in [9.17, 15) is 29.4 Å². The Kier molecular flexibility index (Phi) is 7.71. The number of rotatable bonds is 10. The summed E-state index contributed by atoms with van der Waals surface area (Å²) < 4.78 is 23.1. The number of aliphatic hydroxyl groups is 2. The average molecular weight is 589 g/mol. The summed E-state index contributed by atoms with van der Waals surface area (Å²) in [5, 5.41) is 33.0. The summed E-state index contributed by atoms with van der Waals surface area (Å²) >= 11 is 0. The fourth-order valence-electron chi connectivity index (χ4n) is 6.90. The molecule has 1 aromatic rings. The summed E-state index contributed by atoms with van der Waals surface area (Å²) in [6.45, 7) is 3.17. The molecule has 4 aliphatic rings. The van der Waals surface area contributed by atoms with E-state index in [1.807, 2.05) is 19.2 Å². The van der Waals surface area contributed by atoms with Gasteiger partial charge in [-0.2, -0.15) is 0 Å². The van der Waals surface area contributed by atoms with E-state index >= 15 is 0 Å². The smallest absolute Gasteiger partial charge is 0.352 e. The number of likely N-dealkylation sites (tertiary alicyclic amines) is 1. The molecule has 2 bridgehead atoms. The fourth-order valence-corrected chi connectivity index (χ4v) is 6.90. The highest BCUT2D eigenvalue weighted by atomic mass is 16.6. The number of hydrogen-bond acceptors (Lipinski definition) is 11. The van der Waals surface area contributed by atoms with Gasteiger partial charge >= 0.3 is 17.9 Å². The number of piperidine rings is 1. The largest absolute Gasteiger partial charge is 0.493 e. The van der Waals surface area contributed by atoms with Crippen LogP contribution in [0.5, 0.6) is 11.5 Å². The van der Waals surface area contributed by atoms with E-state index in [1.54, 1.807) is 6.08 Å². The number of esters is 2. The first kappa shape index (κ1) is 29.8. The summed E-state index contributed by atoms with van der Waals surface area (Å²) in [4.78, 5) is 51.2. The van der Waals surface area contributed by atoms with Crippen LogP contribution in [0.2, 0.25) is 0 Å². The predicted molar refractivity (Wildman–Crippen MR) is 144 cm³/mol. The summed E-state index contributed by atoms with van der Waals surface area (Å²) in [6.07, 6.45) is -1.47. The van der Waals surface area contributed by atoms with Crippen molar-refractivity contribution in [1.29, 1.82) is 0 Å². The summed E-state index contributed by atoms with van der Waals surface area (Å²) in [7, 11) is 3.52. The highest BCUT2D eigenvalue weighted by Gasteiger charge is 2.72. The van der Waals surface area contributed by atoms with Crippen LogP contribution in [-0.4, -0.2) is 101 Å². The van der Waals surface area contributed by atoms with Crippen molar-refractivity contribution in [2.24, 2.45) is 0 Å². The molecule has 13 nitrogen and oxygen atoms in total. The molecule has 2 aliphatic carbocycles. The third-order valence-electron chi connectivity index (χ3n) is 9.03. The minimum Gasteiger partial charge on any atom is -0.493 e. The Balaban J connectivity index is 1.37. The number of aliphatic hydroxyl groups excluding tert-OH is 1. The minimum absolute atomic E-state index is 0.183. The molecule has 42 heavy (non-hydrogen) atoms. The first-order valence-electron chi connectivity index (χ1n) is 14.0. The summed E-state index contributed by atoms with van der Waals surface area (Å²) in [6, 6.07) is 2.23. The zero-order valence-corrected chi connectivity index (χ0v) is 23.9. The first-order valence-corrected chi connectivity index (χ1v) is 14.0. The average Bonchev–Trinajstić information content (AvgIpc) is 3.29. The lowest BCUT2D eigenvalue weighted by molar-refractivity contribution is -0.176. The van der Waals surface area contributed by atoms with Crippen LogP contribution < -0.4 is 14.8 Å². The van der Waals surface area contributed by atoms with Crippen LogP contribution in [0.3, 0.4) is 0 Å². The number of hydrogen-bond donors (Lipinski definition) is 4. The Morgan fingerprint density at radius 3 is 2.62 bits per heavy atom. The van der Waals surface area contributed by atoms with Gasteiger partial charge in [0.25, 0.3) is 0 Å². The molecular weight excluding hydrogens is 552 g/mol. The van der Waals surface area contributed by atoms with Gasteiger partial charge in [0.1, 0.15) is 17.9 Å². The lowest BCUT2D eigenvalue weighted by atomic mass is 9.50. The van der Waals surface area contributed by atoms with Gasteiger partial charge in [-0.05, 0) is 64.4 Å². The molecule has 1 spiro atoms. The lowest BCUT2D eigenvalue weighted by Crippen LogP contribution is -2.74. The van der Waals surface area contributed by atoms with Crippen molar-refractivity contribution < 1.29 is 53.4 Å². The second kappa shape index (κ2) is 10.9. The van der Waals surface area contributed by atoms with Gasteiger partial charge in [0, 0.05) is 24.4 Å². The van der Waals surface area contributed by atoms with Gasteiger partial charge < -0.3 is 44.5 Å². The van der Waals surface area contributed by atoms with Gasteiger partial charge in [-0.25, -0.2) is 9.59 Å². The molecule has 1 fully saturated rings. The molecule has 2 aliphatic heterocycles. The van der Waals surface area contributed by atoms with Crippen molar-refractivity contribution in [1.82, 2.24) is 10.2 Å². The van der Waals surface area contributed by atoms with Gasteiger partial charge in [-0.1, -0.05) is 6.07 Å². The van der Waals surface area contributed by atoms with Crippen LogP contribution in [0.25, 0.3) is 0 Å². The van der Waals surface area contributed by atoms with E-state index in [0.717, 1.165) is 11.1 Å². The number of nitrogens with one attached hydrogen (secondary N) is 1. The van der Waals surface area contributed by atoms with Crippen LogP contribution in [0.15, 0.2) is 24.0 Å². The van der Waals surface area contributed by atoms with E-state index in [0.29, 0.717) is 30.9 Å². The van der Waals surface area contributed by atoms with Gasteiger partial charge in [0.05, 0.1) is 18.1 Å². The SMILES string of the molecule is COc1ccc2c3c1OC1C(OC(=O)[C@H](C)OC(=O)[C@H](CCC(=O)O)NC(=O)[C@H](C)O)=CC[C@@]4(O)[C@@H](C2)N(C)CCC314. The molecule has 1 saturated heterocycles. The Morgan fingerprint density at radius 1 is 1.21 bits per heavy atom. The number of ether oxygens (including phenoxy) is 4. The maximum Gasteiger partial charge on any atom is 0.352 e. The molecule has 13 heteroatoms. The third-order valence-corrected chi connectivity index (χ3v) is 9.03. The molecule has 228 valence electrons. The second-order valence-electron chi connectivity index (χ2n) is 11.5. The number of carboxylic acid groups (broad SMARTS) is 1. The Labute approximate surface area is 242 Å². The van der Waals surface area contributed by atoms with Gasteiger partial charge in [0.2, 0.25) is 5.91 Å². The minimum atomic E-state index is -1.45. The van der Waals surface area contributed by atoms with Crippen molar-refractivity contribution in [3.05, 3.63) is 35.1 Å². The van der Waals surface area contributed by atoms with Crippen LogP contribution in [0, 0.1) is 0 Å². The number of carbonyl (C=O) groups is 4. The van der Waals surface area contributed by atoms with Gasteiger partial charge in [-0.3, -0.25) is 9.59 Å². The highest BCUT2D eigenvalue weighted by molar-refractivity contribution is 5.88. The van der Waals surface area contributed by atoms with Crippen molar-refractivity contribution in [3.63, 3.8) is 0 Å². The molecule has 7 atom stereocenters. The third kappa shape index (κ3) is 4.59. The first-order chi connectivity index (χ1) is 19.8. The maximum absolute atomic E-state index is 13.2. The zero-order valence-electron chi connectivity index (χ0n) is 23.9. The fraction of sp³-hybridized carbons (Fsp3) is 0.586. The molecule has 2 unspecified atom stereocenters. The summed E-state index contributed by atoms with van der Waals surface area (Å²) in [5.74, 6) is -2.85. The van der Waals surface area contributed by atoms with Crippen LogP contribution >= 0.6 is 0 Å². The molecule has 0 aromatic heterocycles. The van der Waals surface area contributed by atoms with Gasteiger partial charge in [0.15, 0.2) is 23.7 Å². The van der Waals surface area contributed by atoms with Crippen LogP contribution in [0.4, 0.5) is 0 Å². The quantitative estimate of drug-likeness (QED) is 0.273. The molecular formula is C29H36N2O11. The second-order valence-corrected chi connectivity index (χ2v) is 11.5. The molecule has 0 saturated carbocycles. The van der Waals surface area contributed by atoms with E-state index in [-0.39, 0.29) is 24.6 Å². The number of benzene rings is 1. The van der Waals surface area contributed by atoms with Crippen molar-refractivity contribution in [3.8, 4) is 11.5 Å². The molecule has 1 aromatic carbocycles. The number of amides is 1. The molecule has 4 N–H and O–H groups in total. The van der Waals surface area contributed by atoms with Crippen molar-refractivity contribution in [2.75, 3.05) is 20.7 Å². The Bertz CT molecular complexity index is 1340. The van der Waals surface area contributed by atoms with E-state index in [1.165, 1.54) is 21.0 Å². The number of likely N-dealkylation sites (N-methyl/N-ethyl adjacent to an activating group) is 1. The summed E-state index contributed by atoms with van der Waals surface area (Å²) in [5.41, 5.74) is -0.173. The highest BCUT2D eigenvalue weighted by Crippen LogP contribution is 2.65. The molecule has 0 radical (unpaired) electrons. The number of methoxy groups -OCH3 is 1. The van der Waals surface area contributed by atoms with E-state index < -0.39 is 65.6 Å². The lowest BCUT2D eigenvalue weighted by Gasteiger charge is -2.61. The van der Waals surface area contributed by atoms with Crippen LogP contribution in [0.1, 0.15) is 50.7 Å². The number of aliphatic carboxylic acids is 1. The van der Waals surface area contributed by atoms with E-state index in [2.05, 4.69) is 10.2 Å². The Hall–Kier alpha value is -3.68. The standard InChI is InChI=1S/C29H36N2O11/c1-14(32)25(35)30-17(6-8-21(33)34)27(37)40-15(2)26(36)41-19-9-10-29(38)20-13-16-5-7-18(39-4)23-22(16)28(29,24(19)42-23)11-12-31(20)3/h5,7,9,14-15,17,20,24,32,38H,6,8,10-13H2,1-4H3,(H,30,35)(H,33,34)/t14-,15-,17-,20+,24?,28?,29+/m0/s1. The monoisotopic (exact) mass is 588 g/mol. The number of nitrogens with zero attached hydrogens (tertiary/aromatic N) is 1. The number of carboxylic acids is 1. The van der Waals surface area contributed by atoms with E-state index in [4.69, 9.17) is 24.1 Å². The molecule has 2 heterocycles. The zero-order chi connectivity index (χ0) is 30.6. The Morgan fingerprint density at radius 2 is 1.95 bits per heavy atom. The number of carbonyl (C=O) groups excluding carboxylic acids is 3. The maximum atomic E-state index is 13.2. The normalized spacial score (nSPS) is 29.1. The van der Waals surface area contributed by atoms with Gasteiger partial charge in [-0.15, -0.1) is 0 Å². The van der Waals surface area contributed by atoms with Crippen molar-refractivity contribution in [2.45, 2.75) is 87.4 Å². The van der Waals surface area contributed by atoms with Crippen LogP contribution in [-0.2, 0) is 40.5 Å². The topological polar surface area (TPSA) is 181 Å². The van der Waals surface area contributed by atoms with Crippen molar-refractivity contribution >= 4 is 23.8 Å². The molecule has 5 rings (SSSR count).